The quantitative estimate of drug-likeness (QED) is 0.530. The molecule has 1 fully saturated rings. The molecule has 1 aliphatic heterocycles. The molecule has 1 N–H and O–H groups in total. The Labute approximate surface area is 111 Å². The lowest BCUT2D eigenvalue weighted by Crippen LogP contribution is -2.30. The maximum atomic E-state index is 11.8. The standard InChI is InChI=1S/C11H9BrN2O2S/c1-2-5-14-10(15)8(13-11(14)16)6-7-3-4-9(12)17-7/h2-4,6H,1,5H2,(H,13,16)/b8-6+. The van der Waals surface area contributed by atoms with Gasteiger partial charge in [0.2, 0.25) is 0 Å². The Morgan fingerprint density at radius 3 is 2.82 bits per heavy atom. The van der Waals surface area contributed by atoms with Crippen molar-refractivity contribution in [3.05, 3.63) is 39.1 Å². The number of nitrogens with one attached hydrogen (secondary N) is 1. The summed E-state index contributed by atoms with van der Waals surface area (Å²) in [6.45, 7) is 3.73. The third-order valence-corrected chi connectivity index (χ3v) is 3.73. The number of nitrogens with zero attached hydrogens (tertiary/aromatic N) is 1. The minimum atomic E-state index is -0.406. The molecule has 1 aromatic rings. The van der Waals surface area contributed by atoms with Crippen LogP contribution in [0.3, 0.4) is 0 Å². The number of hydrogen-bond acceptors (Lipinski definition) is 3. The van der Waals surface area contributed by atoms with E-state index < -0.39 is 6.03 Å². The van der Waals surface area contributed by atoms with Gasteiger partial charge in [-0.15, -0.1) is 17.9 Å². The van der Waals surface area contributed by atoms with Gasteiger partial charge < -0.3 is 5.32 Å². The van der Waals surface area contributed by atoms with Crippen molar-refractivity contribution in [2.45, 2.75) is 0 Å². The largest absolute Gasteiger partial charge is 0.329 e. The summed E-state index contributed by atoms with van der Waals surface area (Å²) < 4.78 is 0.976. The highest BCUT2D eigenvalue weighted by Crippen LogP contribution is 2.24. The van der Waals surface area contributed by atoms with Crippen LogP contribution in [-0.4, -0.2) is 23.4 Å². The van der Waals surface area contributed by atoms with Gasteiger partial charge >= 0.3 is 6.03 Å². The van der Waals surface area contributed by atoms with Crippen molar-refractivity contribution in [2.75, 3.05) is 6.54 Å². The first-order chi connectivity index (χ1) is 8.11. The average Bonchev–Trinajstić information content (AvgIpc) is 2.79. The second-order valence-electron chi connectivity index (χ2n) is 3.33. The monoisotopic (exact) mass is 312 g/mol. The van der Waals surface area contributed by atoms with Crippen molar-refractivity contribution in [1.82, 2.24) is 10.2 Å². The zero-order valence-electron chi connectivity index (χ0n) is 8.77. The molecule has 0 bridgehead atoms. The zero-order chi connectivity index (χ0) is 12.4. The Balaban J connectivity index is 2.24. The number of carbonyl (C=O) groups excluding carboxylic acids is 2. The summed E-state index contributed by atoms with van der Waals surface area (Å²) in [6.07, 6.45) is 3.18. The van der Waals surface area contributed by atoms with Gasteiger partial charge in [0.15, 0.2) is 0 Å². The predicted octanol–water partition coefficient (Wildman–Crippen LogP) is 2.59. The number of urea groups is 1. The molecule has 0 aromatic carbocycles. The highest BCUT2D eigenvalue weighted by Gasteiger charge is 2.32. The summed E-state index contributed by atoms with van der Waals surface area (Å²) >= 11 is 4.83. The molecule has 6 heteroatoms. The van der Waals surface area contributed by atoms with Crippen molar-refractivity contribution in [3.63, 3.8) is 0 Å². The van der Waals surface area contributed by atoms with Crippen molar-refractivity contribution in [1.29, 1.82) is 0 Å². The molecule has 0 spiro atoms. The summed E-state index contributed by atoms with van der Waals surface area (Å²) in [4.78, 5) is 25.3. The van der Waals surface area contributed by atoms with Crippen LogP contribution in [0.5, 0.6) is 0 Å². The highest BCUT2D eigenvalue weighted by atomic mass is 79.9. The van der Waals surface area contributed by atoms with Crippen LogP contribution in [0.15, 0.2) is 34.3 Å². The van der Waals surface area contributed by atoms with Crippen LogP contribution in [0, 0.1) is 0 Å². The van der Waals surface area contributed by atoms with Crippen molar-refractivity contribution in [2.24, 2.45) is 0 Å². The molecular weight excluding hydrogens is 304 g/mol. The normalized spacial score (nSPS) is 17.7. The Morgan fingerprint density at radius 1 is 1.47 bits per heavy atom. The topological polar surface area (TPSA) is 49.4 Å². The van der Waals surface area contributed by atoms with E-state index in [0.717, 1.165) is 13.6 Å². The van der Waals surface area contributed by atoms with Crippen LogP contribution in [0.4, 0.5) is 4.79 Å². The average molecular weight is 313 g/mol. The van der Waals surface area contributed by atoms with Crippen LogP contribution in [0.1, 0.15) is 4.88 Å². The van der Waals surface area contributed by atoms with Gasteiger partial charge in [0, 0.05) is 11.4 Å². The van der Waals surface area contributed by atoms with E-state index in [1.165, 1.54) is 17.4 Å². The summed E-state index contributed by atoms with van der Waals surface area (Å²) in [7, 11) is 0. The number of amides is 3. The van der Waals surface area contributed by atoms with Crippen molar-refractivity contribution >= 4 is 45.3 Å². The lowest BCUT2D eigenvalue weighted by Gasteiger charge is -2.06. The van der Waals surface area contributed by atoms with E-state index >= 15 is 0 Å². The lowest BCUT2D eigenvalue weighted by molar-refractivity contribution is -0.122. The Morgan fingerprint density at radius 2 is 2.24 bits per heavy atom. The van der Waals surface area contributed by atoms with Crippen molar-refractivity contribution < 1.29 is 9.59 Å². The van der Waals surface area contributed by atoms with E-state index in [-0.39, 0.29) is 12.5 Å². The maximum absolute atomic E-state index is 11.8. The van der Waals surface area contributed by atoms with Gasteiger partial charge in [-0.25, -0.2) is 4.79 Å². The number of imide groups is 1. The SMILES string of the molecule is C=CCN1C(=O)N/C(=C/c2ccc(Br)s2)C1=O. The summed E-state index contributed by atoms with van der Waals surface area (Å²) in [6, 6.07) is 3.36. The molecule has 0 atom stereocenters. The van der Waals surface area contributed by atoms with Gasteiger partial charge in [-0.2, -0.15) is 0 Å². The fraction of sp³-hybridized carbons (Fsp3) is 0.0909. The third-order valence-electron chi connectivity index (χ3n) is 2.15. The fourth-order valence-electron chi connectivity index (χ4n) is 1.41. The number of halogens is 1. The third kappa shape index (κ3) is 2.48. The van der Waals surface area contributed by atoms with E-state index in [1.54, 1.807) is 6.08 Å². The van der Waals surface area contributed by atoms with Crippen LogP contribution in [0.2, 0.25) is 0 Å². The molecule has 4 nitrogen and oxygen atoms in total. The van der Waals surface area contributed by atoms with E-state index in [4.69, 9.17) is 0 Å². The van der Waals surface area contributed by atoms with Crippen LogP contribution < -0.4 is 5.32 Å². The second-order valence-corrected chi connectivity index (χ2v) is 5.83. The molecule has 0 saturated carbocycles. The summed E-state index contributed by atoms with van der Waals surface area (Å²) in [5.41, 5.74) is 0.297. The molecular formula is C11H9BrN2O2S. The van der Waals surface area contributed by atoms with E-state index in [1.807, 2.05) is 12.1 Å². The van der Waals surface area contributed by atoms with Crippen LogP contribution >= 0.6 is 27.3 Å². The lowest BCUT2D eigenvalue weighted by atomic mass is 10.3. The molecule has 0 unspecified atom stereocenters. The van der Waals surface area contributed by atoms with Gasteiger partial charge in [0.25, 0.3) is 5.91 Å². The van der Waals surface area contributed by atoms with E-state index in [2.05, 4.69) is 27.8 Å². The maximum Gasteiger partial charge on any atom is 0.329 e. The summed E-state index contributed by atoms with van der Waals surface area (Å²) in [5.74, 6) is -0.320. The molecule has 1 aromatic heterocycles. The molecule has 88 valence electrons. The Kier molecular flexibility index (Phi) is 3.44. The molecule has 17 heavy (non-hydrogen) atoms. The first-order valence-corrected chi connectivity index (χ1v) is 6.43. The fourth-order valence-corrected chi connectivity index (χ4v) is 2.78. The number of thiophene rings is 1. The predicted molar refractivity (Wildman–Crippen MR) is 70.4 cm³/mol. The number of hydrogen-bond donors (Lipinski definition) is 1. The summed E-state index contributed by atoms with van der Waals surface area (Å²) in [5, 5.41) is 2.54. The van der Waals surface area contributed by atoms with E-state index in [9.17, 15) is 9.59 Å². The first-order valence-electron chi connectivity index (χ1n) is 4.82. The highest BCUT2D eigenvalue weighted by molar-refractivity contribution is 9.11. The van der Waals surface area contributed by atoms with Gasteiger partial charge in [-0.1, -0.05) is 6.08 Å². The van der Waals surface area contributed by atoms with Crippen molar-refractivity contribution in [3.8, 4) is 0 Å². The first kappa shape index (κ1) is 12.1. The van der Waals surface area contributed by atoms with Gasteiger partial charge in [0.1, 0.15) is 5.70 Å². The molecule has 2 heterocycles. The van der Waals surface area contributed by atoms with Crippen LogP contribution in [0.25, 0.3) is 6.08 Å². The van der Waals surface area contributed by atoms with Gasteiger partial charge in [-0.05, 0) is 34.1 Å². The molecule has 2 rings (SSSR count). The molecule has 0 aliphatic carbocycles. The van der Waals surface area contributed by atoms with Crippen LogP contribution in [-0.2, 0) is 4.79 Å². The van der Waals surface area contributed by atoms with Gasteiger partial charge in [-0.3, -0.25) is 9.69 Å². The molecule has 1 aliphatic rings. The van der Waals surface area contributed by atoms with Gasteiger partial charge in [0.05, 0.1) is 3.79 Å². The number of rotatable bonds is 3. The van der Waals surface area contributed by atoms with E-state index in [0.29, 0.717) is 5.70 Å². The Bertz CT molecular complexity index is 521. The molecule has 1 saturated heterocycles. The molecule has 3 amide bonds. The minimum Gasteiger partial charge on any atom is -0.303 e. The minimum absolute atomic E-state index is 0.218. The second kappa shape index (κ2) is 4.85. The molecule has 0 radical (unpaired) electrons. The smallest absolute Gasteiger partial charge is 0.303 e. The Hall–Kier alpha value is -1.40. The zero-order valence-corrected chi connectivity index (χ0v) is 11.2. The number of carbonyl (C=O) groups is 2.